The van der Waals surface area contributed by atoms with Crippen molar-refractivity contribution in [3.63, 3.8) is 0 Å². The maximum absolute atomic E-state index is 10.3. The smallest absolute Gasteiger partial charge is 0.123 e. The number of anilines is 1. The summed E-state index contributed by atoms with van der Waals surface area (Å²) in [6, 6.07) is 58.4. The Bertz CT molecular complexity index is 2090. The van der Waals surface area contributed by atoms with Gasteiger partial charge in [-0.05, 0) is 92.0 Å². The first-order valence-electron chi connectivity index (χ1n) is 14.8. The van der Waals surface area contributed by atoms with E-state index in [0.29, 0.717) is 0 Å². The molecule has 0 saturated carbocycles. The topological polar surface area (TPSA) is 46.2 Å². The Balaban J connectivity index is 1.15. The third-order valence-electron chi connectivity index (χ3n) is 8.16. The Morgan fingerprint density at radius 3 is 1.09 bits per heavy atom. The summed E-state index contributed by atoms with van der Waals surface area (Å²) in [5, 5.41) is 10.3. The minimum absolute atomic E-state index is 0.288. The van der Waals surface area contributed by atoms with Crippen LogP contribution in [0, 0.1) is 0 Å². The number of phenols is 1. The third-order valence-corrected chi connectivity index (χ3v) is 8.16. The summed E-state index contributed by atoms with van der Waals surface area (Å²) in [4.78, 5) is 0. The third kappa shape index (κ3) is 5.49. The first-order valence-corrected chi connectivity index (χ1v) is 14.8. The first kappa shape index (κ1) is 27.0. The Morgan fingerprint density at radius 2 is 0.636 bits per heavy atom. The molecule has 0 saturated heterocycles. The average molecular weight is 566 g/mol. The van der Waals surface area contributed by atoms with Crippen molar-refractivity contribution in [2.24, 2.45) is 0 Å². The van der Waals surface area contributed by atoms with Crippen molar-refractivity contribution in [1.29, 1.82) is 0 Å². The average Bonchev–Trinajstić information content (AvgIpc) is 3.09. The van der Waals surface area contributed by atoms with Crippen LogP contribution in [0.15, 0.2) is 170 Å². The van der Waals surface area contributed by atoms with Crippen LogP contribution in [-0.2, 0) is 0 Å². The number of hydrogen-bond donors (Lipinski definition) is 2. The van der Waals surface area contributed by atoms with Crippen molar-refractivity contribution in [3.05, 3.63) is 170 Å². The number of benzene rings is 7. The maximum atomic E-state index is 10.3. The van der Waals surface area contributed by atoms with Gasteiger partial charge < -0.3 is 10.8 Å². The van der Waals surface area contributed by atoms with E-state index in [9.17, 15) is 5.11 Å². The zero-order chi connectivity index (χ0) is 29.9. The molecule has 0 aliphatic rings. The lowest BCUT2D eigenvalue weighted by atomic mass is 9.94. The molecule has 210 valence electrons. The summed E-state index contributed by atoms with van der Waals surface area (Å²) in [5.41, 5.74) is 20.3. The van der Waals surface area contributed by atoms with Gasteiger partial charge in [-0.3, -0.25) is 0 Å². The monoisotopic (exact) mass is 565 g/mol. The number of phenolic OH excluding ortho intramolecular Hbond substituents is 1. The van der Waals surface area contributed by atoms with Crippen molar-refractivity contribution in [2.75, 3.05) is 5.73 Å². The number of nitrogen functional groups attached to an aromatic ring is 1. The molecule has 0 amide bonds. The minimum Gasteiger partial charge on any atom is -0.507 e. The van der Waals surface area contributed by atoms with E-state index >= 15 is 0 Å². The molecule has 0 atom stereocenters. The number of hydrogen-bond acceptors (Lipinski definition) is 2. The molecule has 7 aromatic rings. The Morgan fingerprint density at radius 1 is 0.295 bits per heavy atom. The van der Waals surface area contributed by atoms with E-state index in [1.54, 1.807) is 6.07 Å². The molecule has 0 bridgehead atoms. The quantitative estimate of drug-likeness (QED) is 0.197. The zero-order valence-corrected chi connectivity index (χ0v) is 24.2. The highest BCUT2D eigenvalue weighted by Crippen LogP contribution is 2.35. The number of nitrogens with two attached hydrogens (primary N) is 1. The zero-order valence-electron chi connectivity index (χ0n) is 24.2. The standard InChI is InChI=1S/C42H31NO/c43-41-19-3-1-17-39(41)37-15-8-14-36(28-37)35-13-6-12-34(26-35)33-11-5-9-31(25-33)29-21-23-30(24-22-29)32-10-7-16-38(27-32)40-18-2-4-20-42(40)44/h1-28,44H,43H2. The lowest BCUT2D eigenvalue weighted by molar-refractivity contribution is 0.477. The maximum Gasteiger partial charge on any atom is 0.123 e. The molecule has 0 spiro atoms. The van der Waals surface area contributed by atoms with E-state index in [1.807, 2.05) is 48.5 Å². The molecular formula is C42H31NO. The van der Waals surface area contributed by atoms with Gasteiger partial charge in [0.05, 0.1) is 0 Å². The van der Waals surface area contributed by atoms with Crippen molar-refractivity contribution in [1.82, 2.24) is 0 Å². The highest BCUT2D eigenvalue weighted by molar-refractivity contribution is 5.82. The lowest BCUT2D eigenvalue weighted by Crippen LogP contribution is -1.89. The van der Waals surface area contributed by atoms with Gasteiger partial charge in [-0.2, -0.15) is 0 Å². The van der Waals surface area contributed by atoms with Gasteiger partial charge in [0.1, 0.15) is 5.75 Å². The van der Waals surface area contributed by atoms with Gasteiger partial charge in [-0.1, -0.05) is 133 Å². The highest BCUT2D eigenvalue weighted by Gasteiger charge is 2.09. The Hall–Kier alpha value is -5.86. The van der Waals surface area contributed by atoms with Crippen LogP contribution in [0.5, 0.6) is 5.75 Å². The van der Waals surface area contributed by atoms with Gasteiger partial charge in [0, 0.05) is 16.8 Å². The van der Waals surface area contributed by atoms with Crippen molar-refractivity contribution >= 4 is 5.69 Å². The summed E-state index contributed by atoms with van der Waals surface area (Å²) in [5.74, 6) is 0.288. The fourth-order valence-corrected chi connectivity index (χ4v) is 5.82. The fraction of sp³-hybridized carbons (Fsp3) is 0. The SMILES string of the molecule is Nc1ccccc1-c1cccc(-c2cccc(-c3cccc(-c4ccc(-c5cccc(-c6ccccc6O)c5)cc4)c3)c2)c1. The van der Waals surface area contributed by atoms with Crippen LogP contribution in [0.3, 0.4) is 0 Å². The lowest BCUT2D eigenvalue weighted by Gasteiger charge is -2.11. The molecule has 0 fully saturated rings. The van der Waals surface area contributed by atoms with Gasteiger partial charge in [0.15, 0.2) is 0 Å². The first-order chi connectivity index (χ1) is 21.6. The van der Waals surface area contributed by atoms with E-state index in [1.165, 1.54) is 22.3 Å². The van der Waals surface area contributed by atoms with E-state index in [0.717, 1.165) is 50.2 Å². The summed E-state index contributed by atoms with van der Waals surface area (Å²) in [6.07, 6.45) is 0. The Labute approximate surface area is 258 Å². The van der Waals surface area contributed by atoms with Crippen LogP contribution in [0.2, 0.25) is 0 Å². The second-order valence-electron chi connectivity index (χ2n) is 11.0. The van der Waals surface area contributed by atoms with Gasteiger partial charge in [0.2, 0.25) is 0 Å². The number of rotatable bonds is 6. The van der Waals surface area contributed by atoms with Crippen molar-refractivity contribution in [2.45, 2.75) is 0 Å². The van der Waals surface area contributed by atoms with Crippen LogP contribution in [0.4, 0.5) is 5.69 Å². The van der Waals surface area contributed by atoms with Gasteiger partial charge in [-0.25, -0.2) is 0 Å². The second kappa shape index (κ2) is 11.8. The molecule has 3 N–H and O–H groups in total. The molecule has 0 radical (unpaired) electrons. The molecule has 0 unspecified atom stereocenters. The largest absolute Gasteiger partial charge is 0.507 e. The molecule has 0 aromatic heterocycles. The summed E-state index contributed by atoms with van der Waals surface area (Å²) in [6.45, 7) is 0. The summed E-state index contributed by atoms with van der Waals surface area (Å²) >= 11 is 0. The van der Waals surface area contributed by atoms with E-state index < -0.39 is 0 Å². The molecular weight excluding hydrogens is 534 g/mol. The predicted molar refractivity (Wildman–Crippen MR) is 185 cm³/mol. The molecule has 44 heavy (non-hydrogen) atoms. The molecule has 2 heteroatoms. The molecule has 0 aliphatic heterocycles. The fourth-order valence-electron chi connectivity index (χ4n) is 5.82. The molecule has 7 rings (SSSR count). The molecule has 0 heterocycles. The van der Waals surface area contributed by atoms with Crippen molar-refractivity contribution in [3.8, 4) is 72.5 Å². The number of para-hydroxylation sites is 2. The molecule has 2 nitrogen and oxygen atoms in total. The van der Waals surface area contributed by atoms with Crippen LogP contribution in [0.1, 0.15) is 0 Å². The van der Waals surface area contributed by atoms with Gasteiger partial charge in [-0.15, -0.1) is 0 Å². The van der Waals surface area contributed by atoms with Crippen LogP contribution < -0.4 is 5.73 Å². The van der Waals surface area contributed by atoms with Crippen LogP contribution in [-0.4, -0.2) is 5.11 Å². The van der Waals surface area contributed by atoms with E-state index in [2.05, 4.69) is 115 Å². The van der Waals surface area contributed by atoms with E-state index in [-0.39, 0.29) is 5.75 Å². The van der Waals surface area contributed by atoms with Crippen LogP contribution in [0.25, 0.3) is 66.8 Å². The van der Waals surface area contributed by atoms with Gasteiger partial charge >= 0.3 is 0 Å². The van der Waals surface area contributed by atoms with Crippen LogP contribution >= 0.6 is 0 Å². The number of aromatic hydroxyl groups is 1. The molecule has 7 aromatic carbocycles. The summed E-state index contributed by atoms with van der Waals surface area (Å²) in [7, 11) is 0. The van der Waals surface area contributed by atoms with Gasteiger partial charge in [0.25, 0.3) is 0 Å². The predicted octanol–water partition coefficient (Wildman–Crippen LogP) is 11.0. The minimum atomic E-state index is 0.288. The van der Waals surface area contributed by atoms with E-state index in [4.69, 9.17) is 5.73 Å². The van der Waals surface area contributed by atoms with Crippen molar-refractivity contribution < 1.29 is 5.11 Å². The Kier molecular flexibility index (Phi) is 7.24. The normalized spacial score (nSPS) is 10.9. The second-order valence-corrected chi connectivity index (χ2v) is 11.0. The summed E-state index contributed by atoms with van der Waals surface area (Å²) < 4.78 is 0. The molecule has 0 aliphatic carbocycles. The highest BCUT2D eigenvalue weighted by atomic mass is 16.3.